The molecule has 2 aromatic rings. The standard InChI is InChI=1S/C15H12Br2ClN3O4/c1-7-2-3-9(8(18)6-7)19-15(25)13-12(16)14(17)21(20-13)10(22)4-5-11(23)24/h2-3,6H,4-5H2,1H3,(H,19,25)(H,23,24). The minimum Gasteiger partial charge on any atom is -0.481 e. The largest absolute Gasteiger partial charge is 0.481 e. The topological polar surface area (TPSA) is 101 Å². The summed E-state index contributed by atoms with van der Waals surface area (Å²) in [7, 11) is 0. The highest BCUT2D eigenvalue weighted by molar-refractivity contribution is 9.13. The molecule has 0 saturated heterocycles. The van der Waals surface area contributed by atoms with Gasteiger partial charge in [0.15, 0.2) is 5.69 Å². The molecule has 132 valence electrons. The molecule has 7 nitrogen and oxygen atoms in total. The number of hydrogen-bond acceptors (Lipinski definition) is 4. The van der Waals surface area contributed by atoms with Crippen LogP contribution >= 0.6 is 43.5 Å². The van der Waals surface area contributed by atoms with Gasteiger partial charge in [0.25, 0.3) is 5.91 Å². The number of hydrogen-bond donors (Lipinski definition) is 2. The van der Waals surface area contributed by atoms with Crippen LogP contribution in [0.2, 0.25) is 5.02 Å². The van der Waals surface area contributed by atoms with E-state index in [1.165, 1.54) is 0 Å². The Balaban J connectivity index is 2.24. The lowest BCUT2D eigenvalue weighted by Gasteiger charge is -2.06. The fourth-order valence-corrected chi connectivity index (χ4v) is 3.09. The molecule has 1 amide bonds. The number of anilines is 1. The Hall–Kier alpha value is -1.71. The van der Waals surface area contributed by atoms with Crippen LogP contribution in [0.5, 0.6) is 0 Å². The van der Waals surface area contributed by atoms with Crippen LogP contribution in [0.1, 0.15) is 33.7 Å². The van der Waals surface area contributed by atoms with Crippen molar-refractivity contribution in [2.24, 2.45) is 0 Å². The zero-order valence-electron chi connectivity index (χ0n) is 12.8. The van der Waals surface area contributed by atoms with Gasteiger partial charge in [0.05, 0.1) is 21.6 Å². The van der Waals surface area contributed by atoms with Crippen LogP contribution in [-0.2, 0) is 4.79 Å². The van der Waals surface area contributed by atoms with E-state index in [2.05, 4.69) is 42.3 Å². The highest BCUT2D eigenvalue weighted by atomic mass is 79.9. The van der Waals surface area contributed by atoms with E-state index in [9.17, 15) is 14.4 Å². The van der Waals surface area contributed by atoms with Gasteiger partial charge in [-0.3, -0.25) is 14.4 Å². The van der Waals surface area contributed by atoms with Gasteiger partial charge in [-0.15, -0.1) is 0 Å². The Bertz CT molecular complexity index is 867. The first kappa shape index (κ1) is 19.6. The third kappa shape index (κ3) is 4.68. The van der Waals surface area contributed by atoms with E-state index in [-0.39, 0.29) is 27.6 Å². The first-order valence-corrected chi connectivity index (χ1v) is 8.93. The number of carboxylic acid groups (broad SMARTS) is 1. The van der Waals surface area contributed by atoms with Crippen molar-refractivity contribution < 1.29 is 19.5 Å². The molecule has 0 atom stereocenters. The minimum absolute atomic E-state index is 0.0350. The highest BCUT2D eigenvalue weighted by Gasteiger charge is 2.24. The number of carbonyl (C=O) groups excluding carboxylic acids is 2. The zero-order chi connectivity index (χ0) is 18.7. The summed E-state index contributed by atoms with van der Waals surface area (Å²) in [5.41, 5.74) is 1.32. The molecule has 10 heteroatoms. The Morgan fingerprint density at radius 3 is 2.56 bits per heavy atom. The Morgan fingerprint density at radius 1 is 1.28 bits per heavy atom. The number of nitrogens with zero attached hydrogens (tertiary/aromatic N) is 2. The van der Waals surface area contributed by atoms with E-state index in [1.807, 2.05) is 6.92 Å². The van der Waals surface area contributed by atoms with Crippen LogP contribution in [-0.4, -0.2) is 32.7 Å². The maximum Gasteiger partial charge on any atom is 0.303 e. The predicted molar refractivity (Wildman–Crippen MR) is 99.3 cm³/mol. The second-order valence-corrected chi connectivity index (χ2v) is 7.04. The summed E-state index contributed by atoms with van der Waals surface area (Å²) in [6.07, 6.45) is -0.573. The van der Waals surface area contributed by atoms with Gasteiger partial charge in [-0.2, -0.15) is 9.78 Å². The predicted octanol–water partition coefficient (Wildman–Crippen LogP) is 4.13. The van der Waals surface area contributed by atoms with Gasteiger partial charge in [-0.25, -0.2) is 0 Å². The van der Waals surface area contributed by atoms with Crippen LogP contribution in [0.25, 0.3) is 0 Å². The van der Waals surface area contributed by atoms with Crippen LogP contribution < -0.4 is 5.32 Å². The summed E-state index contributed by atoms with van der Waals surface area (Å²) >= 11 is 12.5. The van der Waals surface area contributed by atoms with Crippen molar-refractivity contribution in [2.45, 2.75) is 19.8 Å². The zero-order valence-corrected chi connectivity index (χ0v) is 16.8. The van der Waals surface area contributed by atoms with E-state index < -0.39 is 17.8 Å². The van der Waals surface area contributed by atoms with Crippen molar-refractivity contribution in [3.05, 3.63) is 43.6 Å². The molecule has 1 aromatic heterocycles. The lowest BCUT2D eigenvalue weighted by molar-refractivity contribution is -0.137. The van der Waals surface area contributed by atoms with Crippen molar-refractivity contribution in [1.82, 2.24) is 9.78 Å². The molecule has 0 unspecified atom stereocenters. The first-order chi connectivity index (χ1) is 11.7. The average Bonchev–Trinajstić information content (AvgIpc) is 2.84. The fraction of sp³-hybridized carbons (Fsp3) is 0.200. The van der Waals surface area contributed by atoms with Gasteiger partial charge in [0.2, 0.25) is 5.91 Å². The number of carboxylic acids is 1. The maximum atomic E-state index is 12.4. The number of halogens is 3. The normalized spacial score (nSPS) is 10.6. The Morgan fingerprint density at radius 2 is 1.96 bits per heavy atom. The number of carbonyl (C=O) groups is 3. The van der Waals surface area contributed by atoms with E-state index in [0.29, 0.717) is 10.7 Å². The van der Waals surface area contributed by atoms with Crippen molar-refractivity contribution in [3.8, 4) is 0 Å². The number of benzene rings is 1. The van der Waals surface area contributed by atoms with Gasteiger partial charge in [0.1, 0.15) is 4.60 Å². The minimum atomic E-state index is -1.09. The highest BCUT2D eigenvalue weighted by Crippen LogP contribution is 2.29. The Kier molecular flexibility index (Phi) is 6.36. The number of aromatic nitrogens is 2. The molecule has 0 aliphatic carbocycles. The summed E-state index contributed by atoms with van der Waals surface area (Å²) in [6.45, 7) is 1.87. The molecule has 2 N–H and O–H groups in total. The van der Waals surface area contributed by atoms with Crippen LogP contribution in [0.3, 0.4) is 0 Å². The van der Waals surface area contributed by atoms with Gasteiger partial charge >= 0.3 is 5.97 Å². The summed E-state index contributed by atoms with van der Waals surface area (Å²) in [5, 5.41) is 15.6. The van der Waals surface area contributed by atoms with Gasteiger partial charge < -0.3 is 10.4 Å². The number of aryl methyl sites for hydroxylation is 1. The molecule has 0 saturated carbocycles. The van der Waals surface area contributed by atoms with Crippen molar-refractivity contribution in [1.29, 1.82) is 0 Å². The molecule has 0 radical (unpaired) electrons. The van der Waals surface area contributed by atoms with Gasteiger partial charge in [-0.1, -0.05) is 17.7 Å². The van der Waals surface area contributed by atoms with E-state index in [0.717, 1.165) is 10.2 Å². The second kappa shape index (κ2) is 8.11. The quantitative estimate of drug-likeness (QED) is 0.652. The summed E-state index contributed by atoms with van der Waals surface area (Å²) < 4.78 is 1.44. The van der Waals surface area contributed by atoms with Crippen LogP contribution in [0.4, 0.5) is 5.69 Å². The molecular weight excluding hydrogens is 481 g/mol. The van der Waals surface area contributed by atoms with Crippen molar-refractivity contribution in [2.75, 3.05) is 5.32 Å². The molecule has 1 heterocycles. The molecule has 0 spiro atoms. The van der Waals surface area contributed by atoms with E-state index >= 15 is 0 Å². The number of rotatable bonds is 5. The number of nitrogens with one attached hydrogen (secondary N) is 1. The number of amides is 1. The fourth-order valence-electron chi connectivity index (χ4n) is 1.91. The monoisotopic (exact) mass is 491 g/mol. The third-order valence-corrected chi connectivity index (χ3v) is 5.48. The summed E-state index contributed by atoms with van der Waals surface area (Å²) in [4.78, 5) is 35.0. The summed E-state index contributed by atoms with van der Waals surface area (Å²) in [6, 6.07) is 5.16. The molecular formula is C15H12Br2ClN3O4. The molecule has 25 heavy (non-hydrogen) atoms. The second-order valence-electron chi connectivity index (χ2n) is 5.09. The lowest BCUT2D eigenvalue weighted by atomic mass is 10.2. The maximum absolute atomic E-state index is 12.4. The lowest BCUT2D eigenvalue weighted by Crippen LogP contribution is -2.17. The van der Waals surface area contributed by atoms with Crippen molar-refractivity contribution >= 4 is 66.9 Å². The molecule has 0 fully saturated rings. The molecule has 0 aliphatic rings. The SMILES string of the molecule is Cc1ccc(NC(=O)c2nn(C(=O)CCC(=O)O)c(Br)c2Br)c(Cl)c1. The summed E-state index contributed by atoms with van der Waals surface area (Å²) in [5.74, 6) is -2.21. The molecule has 0 aliphatic heterocycles. The van der Waals surface area contributed by atoms with Crippen LogP contribution in [0, 0.1) is 6.92 Å². The molecule has 2 rings (SSSR count). The smallest absolute Gasteiger partial charge is 0.303 e. The van der Waals surface area contributed by atoms with Gasteiger partial charge in [0, 0.05) is 6.42 Å². The first-order valence-electron chi connectivity index (χ1n) is 6.97. The van der Waals surface area contributed by atoms with Crippen molar-refractivity contribution in [3.63, 3.8) is 0 Å². The average molecular weight is 494 g/mol. The third-order valence-electron chi connectivity index (χ3n) is 3.15. The number of aliphatic carboxylic acids is 1. The van der Waals surface area contributed by atoms with Gasteiger partial charge in [-0.05, 0) is 56.5 Å². The van der Waals surface area contributed by atoms with E-state index in [1.54, 1.807) is 18.2 Å². The van der Waals surface area contributed by atoms with E-state index in [4.69, 9.17) is 16.7 Å². The Labute approximate surface area is 164 Å². The molecule has 1 aromatic carbocycles. The van der Waals surface area contributed by atoms with Crippen LogP contribution in [0.15, 0.2) is 27.3 Å². The molecule has 0 bridgehead atoms.